The summed E-state index contributed by atoms with van der Waals surface area (Å²) in [5.41, 5.74) is 0.807. The van der Waals surface area contributed by atoms with E-state index >= 15 is 0 Å². The molecule has 0 bridgehead atoms. The fraction of sp³-hybridized carbons (Fsp3) is 0.571. The summed E-state index contributed by atoms with van der Waals surface area (Å²) in [6.07, 6.45) is -1.11. The van der Waals surface area contributed by atoms with Gasteiger partial charge in [0.25, 0.3) is 0 Å². The van der Waals surface area contributed by atoms with Gasteiger partial charge in [-0.3, -0.25) is 9.36 Å². The predicted octanol–water partition coefficient (Wildman–Crippen LogP) is -1.29. The Morgan fingerprint density at radius 2 is 2.08 bits per heavy atom. The van der Waals surface area contributed by atoms with Gasteiger partial charge in [-0.05, 0) is 6.42 Å². The van der Waals surface area contributed by atoms with Gasteiger partial charge in [-0.2, -0.15) is 0 Å². The molecular formula is C14H19N5O6. The molecule has 5 N–H and O–H groups in total. The number of rotatable bonds is 7. The van der Waals surface area contributed by atoms with Crippen LogP contribution in [-0.4, -0.2) is 77.4 Å². The molecule has 4 atom stereocenters. The maximum absolute atomic E-state index is 10.5. The van der Waals surface area contributed by atoms with E-state index in [0.29, 0.717) is 29.9 Å². The van der Waals surface area contributed by atoms with E-state index in [4.69, 9.17) is 9.84 Å². The van der Waals surface area contributed by atoms with Gasteiger partial charge in [-0.25, -0.2) is 15.0 Å². The summed E-state index contributed by atoms with van der Waals surface area (Å²) in [6, 6.07) is 0. The summed E-state index contributed by atoms with van der Waals surface area (Å²) in [5, 5.41) is 40.9. The highest BCUT2D eigenvalue weighted by atomic mass is 16.6. The zero-order valence-corrected chi connectivity index (χ0v) is 13.2. The van der Waals surface area contributed by atoms with Crippen molar-refractivity contribution in [3.05, 3.63) is 12.7 Å². The largest absolute Gasteiger partial charge is 0.481 e. The Morgan fingerprint density at radius 3 is 2.76 bits per heavy atom. The van der Waals surface area contributed by atoms with Crippen LogP contribution in [0.2, 0.25) is 0 Å². The minimum absolute atomic E-state index is 0.0399. The Labute approximate surface area is 141 Å². The van der Waals surface area contributed by atoms with Gasteiger partial charge in [0, 0.05) is 13.0 Å². The lowest BCUT2D eigenvalue weighted by Gasteiger charge is -2.16. The van der Waals surface area contributed by atoms with Crippen LogP contribution < -0.4 is 5.32 Å². The summed E-state index contributed by atoms with van der Waals surface area (Å²) in [7, 11) is 0. The average molecular weight is 353 g/mol. The Balaban J connectivity index is 1.80. The first-order valence-electron chi connectivity index (χ1n) is 7.78. The SMILES string of the molecule is O=C(O)CCCNc1ncnc2c1ncn2[C@@H]1O[C@@H](CO)[C@@H](O)[C@H]1O. The summed E-state index contributed by atoms with van der Waals surface area (Å²) in [5.74, 6) is -0.441. The van der Waals surface area contributed by atoms with Crippen LogP contribution in [0.3, 0.4) is 0 Å². The van der Waals surface area contributed by atoms with Crippen LogP contribution in [-0.2, 0) is 9.53 Å². The molecule has 25 heavy (non-hydrogen) atoms. The summed E-state index contributed by atoms with van der Waals surface area (Å²) in [6.45, 7) is -0.0220. The molecule has 1 fully saturated rings. The number of carboxylic acids is 1. The van der Waals surface area contributed by atoms with Crippen LogP contribution in [0.4, 0.5) is 5.82 Å². The van der Waals surface area contributed by atoms with E-state index in [-0.39, 0.29) is 6.42 Å². The average Bonchev–Trinajstić information content (AvgIpc) is 3.14. The number of aliphatic hydroxyl groups is 3. The fourth-order valence-electron chi connectivity index (χ4n) is 2.72. The van der Waals surface area contributed by atoms with Crippen molar-refractivity contribution in [3.63, 3.8) is 0 Å². The van der Waals surface area contributed by atoms with Gasteiger partial charge >= 0.3 is 5.97 Å². The highest BCUT2D eigenvalue weighted by Gasteiger charge is 2.44. The van der Waals surface area contributed by atoms with Crippen molar-refractivity contribution >= 4 is 23.0 Å². The number of nitrogens with zero attached hydrogens (tertiary/aromatic N) is 4. The molecular weight excluding hydrogens is 334 g/mol. The highest BCUT2D eigenvalue weighted by molar-refractivity contribution is 5.82. The van der Waals surface area contributed by atoms with Crippen LogP contribution in [0.25, 0.3) is 11.2 Å². The van der Waals surface area contributed by atoms with Crippen LogP contribution in [0.15, 0.2) is 12.7 Å². The zero-order chi connectivity index (χ0) is 18.0. The van der Waals surface area contributed by atoms with E-state index < -0.39 is 37.1 Å². The number of hydrogen-bond acceptors (Lipinski definition) is 9. The van der Waals surface area contributed by atoms with E-state index in [2.05, 4.69) is 20.3 Å². The number of imidazole rings is 1. The van der Waals surface area contributed by atoms with Gasteiger partial charge in [0.2, 0.25) is 0 Å². The maximum Gasteiger partial charge on any atom is 0.303 e. The summed E-state index contributed by atoms with van der Waals surface area (Å²) >= 11 is 0. The first-order valence-corrected chi connectivity index (χ1v) is 7.78. The first-order chi connectivity index (χ1) is 12.0. The van der Waals surface area contributed by atoms with Gasteiger partial charge in [-0.15, -0.1) is 0 Å². The second-order valence-electron chi connectivity index (χ2n) is 5.70. The number of anilines is 1. The Bertz CT molecular complexity index is 752. The number of carbonyl (C=O) groups is 1. The van der Waals surface area contributed by atoms with Crippen LogP contribution in [0.5, 0.6) is 0 Å². The summed E-state index contributed by atoms with van der Waals surface area (Å²) < 4.78 is 6.94. The molecule has 1 aliphatic rings. The number of carboxylic acid groups (broad SMARTS) is 1. The van der Waals surface area contributed by atoms with Crippen LogP contribution >= 0.6 is 0 Å². The minimum atomic E-state index is -1.24. The molecule has 0 radical (unpaired) electrons. The number of hydrogen-bond donors (Lipinski definition) is 5. The van der Waals surface area contributed by atoms with Crippen molar-refractivity contribution in [2.45, 2.75) is 37.4 Å². The van der Waals surface area contributed by atoms with Gasteiger partial charge in [-0.1, -0.05) is 0 Å². The third-order valence-corrected chi connectivity index (χ3v) is 4.01. The molecule has 0 saturated carbocycles. The molecule has 0 aromatic carbocycles. The minimum Gasteiger partial charge on any atom is -0.481 e. The topological polar surface area (TPSA) is 163 Å². The van der Waals surface area contributed by atoms with Crippen molar-refractivity contribution in [3.8, 4) is 0 Å². The molecule has 11 nitrogen and oxygen atoms in total. The van der Waals surface area contributed by atoms with Crippen molar-refractivity contribution in [2.24, 2.45) is 0 Å². The molecule has 3 rings (SSSR count). The molecule has 1 saturated heterocycles. The Hall–Kier alpha value is -2.34. The first kappa shape index (κ1) is 17.5. The molecule has 11 heteroatoms. The number of fused-ring (bicyclic) bond motifs is 1. The number of aromatic nitrogens is 4. The number of aliphatic carboxylic acids is 1. The predicted molar refractivity (Wildman–Crippen MR) is 83.7 cm³/mol. The molecule has 136 valence electrons. The second kappa shape index (κ2) is 7.27. The molecule has 0 spiro atoms. The molecule has 2 aromatic heterocycles. The number of ether oxygens (including phenoxy) is 1. The van der Waals surface area contributed by atoms with Gasteiger partial charge in [0.1, 0.15) is 24.6 Å². The van der Waals surface area contributed by atoms with Gasteiger partial charge < -0.3 is 30.5 Å². The van der Waals surface area contributed by atoms with E-state index in [1.54, 1.807) is 0 Å². The van der Waals surface area contributed by atoms with E-state index in [1.807, 2.05) is 0 Å². The lowest BCUT2D eigenvalue weighted by atomic mass is 10.1. The smallest absolute Gasteiger partial charge is 0.303 e. The lowest BCUT2D eigenvalue weighted by molar-refractivity contribution is -0.137. The molecule has 2 aromatic rings. The van der Waals surface area contributed by atoms with Crippen LogP contribution in [0, 0.1) is 0 Å². The number of nitrogens with one attached hydrogen (secondary N) is 1. The second-order valence-corrected chi connectivity index (χ2v) is 5.70. The van der Waals surface area contributed by atoms with Crippen molar-refractivity contribution in [1.29, 1.82) is 0 Å². The van der Waals surface area contributed by atoms with Crippen molar-refractivity contribution in [1.82, 2.24) is 19.5 Å². The van der Waals surface area contributed by atoms with E-state index in [1.165, 1.54) is 17.2 Å². The molecule has 0 amide bonds. The third-order valence-electron chi connectivity index (χ3n) is 4.01. The van der Waals surface area contributed by atoms with Crippen LogP contribution in [0.1, 0.15) is 19.1 Å². The Morgan fingerprint density at radius 1 is 1.28 bits per heavy atom. The monoisotopic (exact) mass is 353 g/mol. The maximum atomic E-state index is 10.5. The standard InChI is InChI=1S/C14H19N5O6/c20-4-7-10(23)11(24)14(25-7)19-6-18-9-12(16-5-17-13(9)19)15-3-1-2-8(21)22/h5-7,10-11,14,20,23-24H,1-4H2,(H,21,22)(H,15,16,17)/t7-,10+,11+,14+/m0/s1. The van der Waals surface area contributed by atoms with E-state index in [0.717, 1.165) is 0 Å². The zero-order valence-electron chi connectivity index (χ0n) is 13.2. The molecule has 0 aliphatic carbocycles. The van der Waals surface area contributed by atoms with Crippen molar-refractivity contribution < 1.29 is 30.0 Å². The number of aliphatic hydroxyl groups excluding tert-OH is 3. The fourth-order valence-corrected chi connectivity index (χ4v) is 2.72. The molecule has 1 aliphatic heterocycles. The van der Waals surface area contributed by atoms with E-state index in [9.17, 15) is 20.1 Å². The Kier molecular flexibility index (Phi) is 5.08. The van der Waals surface area contributed by atoms with Gasteiger partial charge in [0.15, 0.2) is 23.2 Å². The summed E-state index contributed by atoms with van der Waals surface area (Å²) in [4.78, 5) is 23.0. The quantitative estimate of drug-likeness (QED) is 0.379. The third kappa shape index (κ3) is 3.39. The lowest BCUT2D eigenvalue weighted by Crippen LogP contribution is -2.33. The molecule has 3 heterocycles. The van der Waals surface area contributed by atoms with Gasteiger partial charge in [0.05, 0.1) is 12.9 Å². The highest BCUT2D eigenvalue weighted by Crippen LogP contribution is 2.31. The van der Waals surface area contributed by atoms with Crippen molar-refractivity contribution in [2.75, 3.05) is 18.5 Å². The normalized spacial score (nSPS) is 26.2. The molecule has 0 unspecified atom stereocenters.